The van der Waals surface area contributed by atoms with Gasteiger partial charge < -0.3 is 9.80 Å². The van der Waals surface area contributed by atoms with E-state index in [0.717, 1.165) is 78.6 Å². The summed E-state index contributed by atoms with van der Waals surface area (Å²) in [6.07, 6.45) is 0. The van der Waals surface area contributed by atoms with E-state index < -0.39 is 0 Å². The SMILES string of the molecule is CC(C)(C)c1ccc(-c2ccc3c(c2)N(c2c(-c4ccccc4)cccc2-c2ccccc2)c2cc(Cl)cc4c2B3c2ccc(-c3ccc(C(C)(C)C)cc3C(C)(C)C)cc2N4c2c(-c3ccccc3)cccc2-c2ccccc2)c(C(C)(C)C)c1. The Labute approximate surface area is 516 Å². The fraction of sp³-hybridized carbons (Fsp3) is 0.195. The number of halogens is 1. The first kappa shape index (κ1) is 56.5. The highest BCUT2D eigenvalue weighted by molar-refractivity contribution is 7.00. The zero-order chi connectivity index (χ0) is 60.0. The van der Waals surface area contributed by atoms with Gasteiger partial charge in [-0.05, 0) is 129 Å². The first-order chi connectivity index (χ1) is 41.1. The van der Waals surface area contributed by atoms with Crippen molar-refractivity contribution >= 4 is 68.8 Å². The highest BCUT2D eigenvalue weighted by atomic mass is 35.5. The molecule has 11 aromatic carbocycles. The van der Waals surface area contributed by atoms with E-state index in [0.29, 0.717) is 5.02 Å². The van der Waals surface area contributed by atoms with Crippen LogP contribution in [0.5, 0.6) is 0 Å². The van der Waals surface area contributed by atoms with E-state index in [4.69, 9.17) is 11.6 Å². The fourth-order valence-electron chi connectivity index (χ4n) is 13.5. The number of anilines is 6. The summed E-state index contributed by atoms with van der Waals surface area (Å²) in [7, 11) is 0. The van der Waals surface area contributed by atoms with Crippen LogP contribution in [0.15, 0.2) is 243 Å². The Morgan fingerprint density at radius 2 is 0.605 bits per heavy atom. The van der Waals surface area contributed by atoms with E-state index in [1.54, 1.807) is 0 Å². The van der Waals surface area contributed by atoms with Crippen molar-refractivity contribution in [2.24, 2.45) is 0 Å². The van der Waals surface area contributed by atoms with Gasteiger partial charge in [-0.25, -0.2) is 0 Å². The summed E-state index contributed by atoms with van der Waals surface area (Å²) in [6, 6.07) is 91.0. The van der Waals surface area contributed by atoms with Gasteiger partial charge in [0.2, 0.25) is 0 Å². The van der Waals surface area contributed by atoms with Gasteiger partial charge in [0.25, 0.3) is 6.71 Å². The Hall–Kier alpha value is -8.63. The Kier molecular flexibility index (Phi) is 14.1. The molecule has 424 valence electrons. The molecule has 0 fully saturated rings. The minimum absolute atomic E-state index is 0.0172. The number of rotatable bonds is 8. The van der Waals surface area contributed by atoms with Crippen LogP contribution in [-0.2, 0) is 21.7 Å². The molecule has 11 aromatic rings. The molecule has 0 unspecified atom stereocenters. The second-order valence-corrected chi connectivity index (χ2v) is 28.3. The molecule has 86 heavy (non-hydrogen) atoms. The first-order valence-corrected chi connectivity index (χ1v) is 31.0. The molecule has 0 amide bonds. The molecule has 4 heteroatoms. The van der Waals surface area contributed by atoms with Crippen LogP contribution >= 0.6 is 11.6 Å². The molecule has 2 aliphatic heterocycles. The Morgan fingerprint density at radius 3 is 0.907 bits per heavy atom. The molecule has 2 heterocycles. The number of para-hydroxylation sites is 2. The lowest BCUT2D eigenvalue weighted by Gasteiger charge is -2.46. The highest BCUT2D eigenvalue weighted by Crippen LogP contribution is 2.54. The average Bonchev–Trinajstić information content (AvgIpc) is 0.706. The lowest BCUT2D eigenvalue weighted by atomic mass is 9.33. The number of fused-ring (bicyclic) bond motifs is 4. The number of nitrogens with zero attached hydrogens (tertiary/aromatic N) is 2. The van der Waals surface area contributed by atoms with Gasteiger partial charge in [0.15, 0.2) is 0 Å². The zero-order valence-corrected chi connectivity index (χ0v) is 52.7. The molecule has 0 bridgehead atoms. The minimum atomic E-state index is -0.193. The predicted octanol–water partition coefficient (Wildman–Crippen LogP) is 21.6. The van der Waals surface area contributed by atoms with Crippen LogP contribution in [-0.4, -0.2) is 6.71 Å². The normalized spacial score (nSPS) is 13.1. The molecular formula is C82H76BClN2. The van der Waals surface area contributed by atoms with Crippen LogP contribution in [0.3, 0.4) is 0 Å². The average molecular weight is 1140 g/mol. The van der Waals surface area contributed by atoms with E-state index in [2.05, 4.69) is 336 Å². The molecule has 0 aliphatic carbocycles. The molecule has 0 saturated heterocycles. The van der Waals surface area contributed by atoms with Crippen molar-refractivity contribution in [2.75, 3.05) is 9.80 Å². The van der Waals surface area contributed by atoms with Gasteiger partial charge in [-0.3, -0.25) is 0 Å². The maximum atomic E-state index is 7.97. The van der Waals surface area contributed by atoms with Crippen LogP contribution in [0, 0.1) is 0 Å². The van der Waals surface area contributed by atoms with Crippen LogP contribution in [0.4, 0.5) is 34.1 Å². The summed E-state index contributed by atoms with van der Waals surface area (Å²) in [4.78, 5) is 5.19. The molecule has 2 nitrogen and oxygen atoms in total. The third-order valence-electron chi connectivity index (χ3n) is 17.9. The molecule has 0 spiro atoms. The third-order valence-corrected chi connectivity index (χ3v) is 18.1. The van der Waals surface area contributed by atoms with E-state index in [1.165, 1.54) is 60.9 Å². The maximum absolute atomic E-state index is 7.97. The Bertz CT molecular complexity index is 3990. The van der Waals surface area contributed by atoms with Gasteiger partial charge in [-0.15, -0.1) is 0 Å². The van der Waals surface area contributed by atoms with E-state index in [-0.39, 0.29) is 28.4 Å². The highest BCUT2D eigenvalue weighted by Gasteiger charge is 2.46. The van der Waals surface area contributed by atoms with Gasteiger partial charge in [0.1, 0.15) is 0 Å². The molecule has 0 saturated carbocycles. The van der Waals surface area contributed by atoms with Crippen molar-refractivity contribution in [1.82, 2.24) is 0 Å². The summed E-state index contributed by atoms with van der Waals surface area (Å²) in [6.45, 7) is 27.8. The zero-order valence-electron chi connectivity index (χ0n) is 51.9. The summed E-state index contributed by atoms with van der Waals surface area (Å²) < 4.78 is 0. The Morgan fingerprint density at radius 1 is 0.279 bits per heavy atom. The van der Waals surface area contributed by atoms with Crippen molar-refractivity contribution in [3.63, 3.8) is 0 Å². The van der Waals surface area contributed by atoms with Crippen molar-refractivity contribution in [1.29, 1.82) is 0 Å². The van der Waals surface area contributed by atoms with E-state index in [9.17, 15) is 0 Å². The van der Waals surface area contributed by atoms with Crippen LogP contribution < -0.4 is 26.2 Å². The standard InChI is InChI=1S/C82H76BClN2/c1-79(2,3)59-41-43-62(68(49-59)81(7,8)9)57-39-45-70-72(47-57)85(77-64(53-27-17-13-18-28-53)35-25-36-65(77)54-29-19-14-20-30-54)74-51-61(84)52-75-76(74)83(70)71-46-40-58(63-44-42-60(80(4,5)6)50-69(63)82(10,11)12)48-73(71)86(75)78-66(55-31-21-15-22-32-55)37-26-38-67(78)56-33-23-16-24-34-56/h13-52H,1-12H3. The summed E-state index contributed by atoms with van der Waals surface area (Å²) in [5.74, 6) is 0. The van der Waals surface area contributed by atoms with Crippen LogP contribution in [0.25, 0.3) is 66.8 Å². The fourth-order valence-corrected chi connectivity index (χ4v) is 13.7. The van der Waals surface area contributed by atoms with Crippen molar-refractivity contribution in [2.45, 2.75) is 105 Å². The van der Waals surface area contributed by atoms with Gasteiger partial charge in [0, 0.05) is 50.0 Å². The van der Waals surface area contributed by atoms with Crippen molar-refractivity contribution in [3.05, 3.63) is 270 Å². The quantitative estimate of drug-likeness (QED) is 0.140. The van der Waals surface area contributed by atoms with Gasteiger partial charge in [-0.2, -0.15) is 0 Å². The molecule has 0 radical (unpaired) electrons. The summed E-state index contributed by atoms with van der Waals surface area (Å²) in [5.41, 5.74) is 29.1. The van der Waals surface area contributed by atoms with E-state index >= 15 is 0 Å². The number of hydrogen-bond donors (Lipinski definition) is 0. The molecule has 13 rings (SSSR count). The molecule has 0 N–H and O–H groups in total. The van der Waals surface area contributed by atoms with Crippen LogP contribution in [0.2, 0.25) is 5.02 Å². The molecule has 0 atom stereocenters. The van der Waals surface area contributed by atoms with Crippen LogP contribution in [0.1, 0.15) is 105 Å². The predicted molar refractivity (Wildman–Crippen MR) is 373 cm³/mol. The molecular weight excluding hydrogens is 1060 g/mol. The summed E-state index contributed by atoms with van der Waals surface area (Å²) >= 11 is 7.97. The lowest BCUT2D eigenvalue weighted by Crippen LogP contribution is -2.61. The topological polar surface area (TPSA) is 6.48 Å². The second-order valence-electron chi connectivity index (χ2n) is 27.9. The number of hydrogen-bond acceptors (Lipinski definition) is 2. The Balaban J connectivity index is 1.19. The largest absolute Gasteiger partial charge is 0.310 e. The lowest BCUT2D eigenvalue weighted by molar-refractivity contribution is 0.569. The van der Waals surface area contributed by atoms with Crippen molar-refractivity contribution < 1.29 is 0 Å². The second kappa shape index (κ2) is 21.4. The van der Waals surface area contributed by atoms with Gasteiger partial charge >= 0.3 is 0 Å². The first-order valence-electron chi connectivity index (χ1n) is 30.6. The number of benzene rings is 11. The smallest absolute Gasteiger partial charge is 0.252 e. The van der Waals surface area contributed by atoms with Gasteiger partial charge in [-0.1, -0.05) is 313 Å². The maximum Gasteiger partial charge on any atom is 0.252 e. The van der Waals surface area contributed by atoms with Gasteiger partial charge in [0.05, 0.1) is 11.4 Å². The monoisotopic (exact) mass is 1130 g/mol. The summed E-state index contributed by atoms with van der Waals surface area (Å²) in [5, 5.41) is 0.657. The third kappa shape index (κ3) is 10.1. The minimum Gasteiger partial charge on any atom is -0.310 e. The van der Waals surface area contributed by atoms with E-state index in [1.807, 2.05) is 0 Å². The molecule has 0 aromatic heterocycles. The molecule has 2 aliphatic rings. The van der Waals surface area contributed by atoms with Crippen molar-refractivity contribution in [3.8, 4) is 66.8 Å².